The Balaban J connectivity index is 1.26. The van der Waals surface area contributed by atoms with Crippen molar-refractivity contribution in [3.63, 3.8) is 0 Å². The molecule has 1 fully saturated rings. The molecule has 2 N–H and O–H groups in total. The molecule has 1 heterocycles. The number of nitrogens with one attached hydrogen (secondary N) is 2. The number of fused-ring (bicyclic) bond motifs is 1. The molecule has 0 bridgehead atoms. The van der Waals surface area contributed by atoms with E-state index >= 15 is 0 Å². The number of anilines is 1. The highest BCUT2D eigenvalue weighted by molar-refractivity contribution is 8.05. The first-order valence-electron chi connectivity index (χ1n) is 11.6. The highest BCUT2D eigenvalue weighted by atomic mass is 35.5. The van der Waals surface area contributed by atoms with Crippen molar-refractivity contribution >= 4 is 63.4 Å². The van der Waals surface area contributed by atoms with Crippen LogP contribution in [0.15, 0.2) is 83.8 Å². The van der Waals surface area contributed by atoms with Crippen LogP contribution >= 0.6 is 35.0 Å². The quantitative estimate of drug-likeness (QED) is 0.236. The number of amides is 1. The minimum atomic E-state index is -0.258. The average Bonchev–Trinajstić information content (AvgIpc) is 3.22. The van der Waals surface area contributed by atoms with Crippen molar-refractivity contribution in [3.05, 3.63) is 111 Å². The molecule has 4 aromatic rings. The Kier molecular flexibility index (Phi) is 7.42. The van der Waals surface area contributed by atoms with Crippen molar-refractivity contribution in [1.29, 1.82) is 0 Å². The molecule has 1 atom stereocenters. The summed E-state index contributed by atoms with van der Waals surface area (Å²) in [6.45, 7) is 2.46. The predicted octanol–water partition coefficient (Wildman–Crippen LogP) is 7.89. The molecule has 36 heavy (non-hydrogen) atoms. The van der Waals surface area contributed by atoms with Gasteiger partial charge in [0.2, 0.25) is 0 Å². The van der Waals surface area contributed by atoms with E-state index in [4.69, 9.17) is 27.9 Å². The van der Waals surface area contributed by atoms with Crippen molar-refractivity contribution < 1.29 is 9.53 Å². The van der Waals surface area contributed by atoms with Gasteiger partial charge in [-0.05, 0) is 70.3 Å². The number of thioether (sulfide) groups is 1. The summed E-state index contributed by atoms with van der Waals surface area (Å²) in [7, 11) is 0. The van der Waals surface area contributed by atoms with Gasteiger partial charge in [0.1, 0.15) is 6.61 Å². The molecule has 7 heteroatoms. The lowest BCUT2D eigenvalue weighted by atomic mass is 10.1. The molecule has 1 saturated heterocycles. The maximum Gasteiger partial charge on any atom is 0.260 e. The van der Waals surface area contributed by atoms with E-state index in [1.165, 1.54) is 22.7 Å². The number of aryl methyl sites for hydroxylation is 1. The fraction of sp³-hybridized carbons (Fsp3) is 0.138. The van der Waals surface area contributed by atoms with E-state index in [1.807, 2.05) is 30.3 Å². The topological polar surface area (TPSA) is 50.4 Å². The van der Waals surface area contributed by atoms with Gasteiger partial charge in [-0.2, -0.15) is 0 Å². The van der Waals surface area contributed by atoms with Gasteiger partial charge >= 0.3 is 0 Å². The van der Waals surface area contributed by atoms with Gasteiger partial charge in [0.25, 0.3) is 5.91 Å². The van der Waals surface area contributed by atoms with E-state index in [0.717, 1.165) is 28.6 Å². The maximum atomic E-state index is 12.5. The first-order chi connectivity index (χ1) is 17.5. The molecule has 0 aliphatic carbocycles. The molecule has 0 aromatic heterocycles. The van der Waals surface area contributed by atoms with Crippen LogP contribution in [0.5, 0.6) is 5.75 Å². The van der Waals surface area contributed by atoms with Crippen molar-refractivity contribution in [3.8, 4) is 5.75 Å². The third-order valence-electron chi connectivity index (χ3n) is 5.91. The van der Waals surface area contributed by atoms with E-state index in [9.17, 15) is 4.79 Å². The van der Waals surface area contributed by atoms with Gasteiger partial charge < -0.3 is 15.4 Å². The highest BCUT2D eigenvalue weighted by Crippen LogP contribution is 2.37. The summed E-state index contributed by atoms with van der Waals surface area (Å²) in [5.41, 5.74) is 3.71. The Morgan fingerprint density at radius 2 is 1.64 bits per heavy atom. The average molecular weight is 535 g/mol. The lowest BCUT2D eigenvalue weighted by Crippen LogP contribution is -2.30. The Morgan fingerprint density at radius 1 is 0.944 bits per heavy atom. The van der Waals surface area contributed by atoms with Gasteiger partial charge in [0.15, 0.2) is 11.2 Å². The second-order valence-corrected chi connectivity index (χ2v) is 10.4. The summed E-state index contributed by atoms with van der Waals surface area (Å²) >= 11 is 14.5. The second-order valence-electron chi connectivity index (χ2n) is 8.46. The van der Waals surface area contributed by atoms with Crippen molar-refractivity contribution in [2.75, 3.05) is 5.32 Å². The molecule has 0 saturated carbocycles. The zero-order chi connectivity index (χ0) is 25.1. The minimum absolute atomic E-state index is 0.147. The van der Waals surface area contributed by atoms with E-state index in [2.05, 4.69) is 54.0 Å². The van der Waals surface area contributed by atoms with Crippen LogP contribution in [0.25, 0.3) is 16.8 Å². The predicted molar refractivity (Wildman–Crippen MR) is 152 cm³/mol. The van der Waals surface area contributed by atoms with Crippen LogP contribution in [0.3, 0.4) is 0 Å². The molecule has 1 amide bonds. The summed E-state index contributed by atoms with van der Waals surface area (Å²) in [6, 6.07) is 26.1. The summed E-state index contributed by atoms with van der Waals surface area (Å²) in [5.74, 6) is 0.277. The van der Waals surface area contributed by atoms with Gasteiger partial charge in [-0.1, -0.05) is 90.4 Å². The molecular formula is C29H24Cl2N2O2S. The summed E-state index contributed by atoms with van der Waals surface area (Å²) in [4.78, 5) is 13.1. The monoisotopic (exact) mass is 534 g/mol. The Labute approximate surface area is 224 Å². The molecule has 5 rings (SSSR count). The van der Waals surface area contributed by atoms with Crippen LogP contribution in [-0.4, -0.2) is 11.4 Å². The molecule has 1 aliphatic heterocycles. The molecular weight excluding hydrogens is 511 g/mol. The van der Waals surface area contributed by atoms with Gasteiger partial charge in [0.05, 0.1) is 15.0 Å². The lowest BCUT2D eigenvalue weighted by molar-refractivity contribution is -0.116. The zero-order valence-electron chi connectivity index (χ0n) is 19.6. The summed E-state index contributed by atoms with van der Waals surface area (Å²) in [6.07, 6.45) is 2.77. The van der Waals surface area contributed by atoms with Crippen LogP contribution in [0.1, 0.15) is 23.6 Å². The molecule has 0 spiro atoms. The first-order valence-corrected chi connectivity index (χ1v) is 13.3. The number of halogens is 2. The summed E-state index contributed by atoms with van der Waals surface area (Å²) in [5, 5.41) is 9.39. The largest absolute Gasteiger partial charge is 0.486 e. The van der Waals surface area contributed by atoms with Gasteiger partial charge in [0, 0.05) is 5.69 Å². The van der Waals surface area contributed by atoms with Crippen molar-refractivity contribution in [1.82, 2.24) is 5.32 Å². The van der Waals surface area contributed by atoms with Crippen LogP contribution < -0.4 is 15.4 Å². The van der Waals surface area contributed by atoms with Crippen LogP contribution in [0, 0.1) is 0 Å². The normalized spacial score (nSPS) is 16.4. The van der Waals surface area contributed by atoms with E-state index in [0.29, 0.717) is 27.3 Å². The fourth-order valence-electron chi connectivity index (χ4n) is 3.99. The van der Waals surface area contributed by atoms with Crippen molar-refractivity contribution in [2.45, 2.75) is 25.4 Å². The minimum Gasteiger partial charge on any atom is -0.486 e. The number of ether oxygens (including phenoxy) is 1. The van der Waals surface area contributed by atoms with E-state index in [1.54, 1.807) is 18.2 Å². The third-order valence-corrected chi connectivity index (χ3v) is 7.50. The number of hydrogen-bond acceptors (Lipinski definition) is 4. The van der Waals surface area contributed by atoms with Crippen molar-refractivity contribution in [2.24, 2.45) is 0 Å². The molecule has 182 valence electrons. The molecule has 4 aromatic carbocycles. The zero-order valence-corrected chi connectivity index (χ0v) is 21.9. The Hall–Kier alpha value is -3.12. The number of carbonyl (C=O) groups is 1. The van der Waals surface area contributed by atoms with Crippen LogP contribution in [-0.2, 0) is 17.8 Å². The number of benzene rings is 4. The third kappa shape index (κ3) is 5.65. The van der Waals surface area contributed by atoms with Gasteiger partial charge in [-0.3, -0.25) is 4.79 Å². The van der Waals surface area contributed by atoms with Gasteiger partial charge in [-0.15, -0.1) is 0 Å². The summed E-state index contributed by atoms with van der Waals surface area (Å²) < 4.78 is 5.97. The number of carbonyl (C=O) groups excluding carboxylic acids is 1. The lowest BCUT2D eigenvalue weighted by Gasteiger charge is -2.13. The van der Waals surface area contributed by atoms with E-state index < -0.39 is 0 Å². The van der Waals surface area contributed by atoms with E-state index in [-0.39, 0.29) is 11.4 Å². The molecule has 4 nitrogen and oxygen atoms in total. The highest BCUT2D eigenvalue weighted by Gasteiger charge is 2.27. The Morgan fingerprint density at radius 3 is 2.36 bits per heavy atom. The maximum absolute atomic E-state index is 12.5. The first kappa shape index (κ1) is 24.6. The SMILES string of the molecule is CCc1ccc(N[C@@H]2NC(=O)/C(=C/c3cc(Cl)c(OCc4ccc5ccccc5c4)c(Cl)c3)S2)cc1. The number of rotatable bonds is 7. The van der Waals surface area contributed by atoms with Crippen LogP contribution in [0.4, 0.5) is 5.69 Å². The fourth-order valence-corrected chi connectivity index (χ4v) is 5.59. The molecule has 1 aliphatic rings. The standard InChI is InChI=1S/C29H24Cl2N2O2S/c1-2-18-8-11-23(12-9-18)32-29-33-28(34)26(36-29)16-20-14-24(30)27(25(31)15-20)35-17-19-7-10-21-5-3-4-6-22(21)13-19/h3-16,29,32H,2,17H2,1H3,(H,33,34)/b26-16-/t29-/m1/s1. The Bertz CT molecular complexity index is 1430. The van der Waals surface area contributed by atoms with Gasteiger partial charge in [-0.25, -0.2) is 0 Å². The van der Waals surface area contributed by atoms with Crippen LogP contribution in [0.2, 0.25) is 10.0 Å². The second kappa shape index (κ2) is 10.9. The molecule has 0 radical (unpaired) electrons. The number of hydrogen-bond donors (Lipinski definition) is 2. The molecule has 0 unspecified atom stereocenters. The smallest absolute Gasteiger partial charge is 0.260 e.